The number of halogens is 1. The number of benzene rings is 2. The maximum atomic E-state index is 11.0. The topological polar surface area (TPSA) is 133 Å². The van der Waals surface area contributed by atoms with Crippen molar-refractivity contribution in [1.82, 2.24) is 4.98 Å². The van der Waals surface area contributed by atoms with Crippen LogP contribution in [0.3, 0.4) is 0 Å². The van der Waals surface area contributed by atoms with E-state index < -0.39 is 9.85 Å². The first-order valence-electron chi connectivity index (χ1n) is 8.48. The lowest BCUT2D eigenvalue weighted by molar-refractivity contribution is -0.384. The zero-order valence-electron chi connectivity index (χ0n) is 15.3. The fourth-order valence-corrected chi connectivity index (χ4v) is 2.90. The van der Waals surface area contributed by atoms with Crippen molar-refractivity contribution in [3.05, 3.63) is 96.6 Å². The Balaban J connectivity index is 1.61. The second-order valence-electron chi connectivity index (χ2n) is 5.90. The minimum absolute atomic E-state index is 0.0215. The van der Waals surface area contributed by atoms with E-state index >= 15 is 0 Å². The standard InChI is InChI=1S/C19H14BrN5O5/c20-16-10-14(11-22-23-19-17(25(28)29)2-1-9-21-19)5-8-18(16)30-12-13-3-6-15(7-4-13)24(26)27/h1-11H,12H2,(H,21,23)/b22-11-. The molecule has 0 bridgehead atoms. The van der Waals surface area contributed by atoms with Gasteiger partial charge >= 0.3 is 5.69 Å². The van der Waals surface area contributed by atoms with Crippen LogP contribution in [0.2, 0.25) is 0 Å². The number of hydrazone groups is 1. The number of nitrogens with one attached hydrogen (secondary N) is 1. The summed E-state index contributed by atoms with van der Waals surface area (Å²) in [7, 11) is 0. The molecule has 0 aliphatic rings. The van der Waals surface area contributed by atoms with Gasteiger partial charge in [0.05, 0.1) is 20.5 Å². The average molecular weight is 472 g/mol. The summed E-state index contributed by atoms with van der Waals surface area (Å²) in [4.78, 5) is 24.6. The molecule has 30 heavy (non-hydrogen) atoms. The molecule has 0 spiro atoms. The number of hydrogen-bond donors (Lipinski definition) is 1. The summed E-state index contributed by atoms with van der Waals surface area (Å²) in [5.41, 5.74) is 3.91. The van der Waals surface area contributed by atoms with Crippen molar-refractivity contribution in [2.45, 2.75) is 6.61 Å². The molecule has 0 atom stereocenters. The van der Waals surface area contributed by atoms with Crippen LogP contribution in [0.1, 0.15) is 11.1 Å². The Bertz CT molecular complexity index is 1100. The summed E-state index contributed by atoms with van der Waals surface area (Å²) < 4.78 is 6.41. The number of rotatable bonds is 8. The molecule has 0 fully saturated rings. The number of nitro benzene ring substituents is 1. The Morgan fingerprint density at radius 2 is 1.87 bits per heavy atom. The van der Waals surface area contributed by atoms with Gasteiger partial charge in [0, 0.05) is 24.4 Å². The van der Waals surface area contributed by atoms with Gasteiger partial charge in [0.2, 0.25) is 5.82 Å². The van der Waals surface area contributed by atoms with E-state index in [1.165, 1.54) is 36.7 Å². The first-order chi connectivity index (χ1) is 14.4. The van der Waals surface area contributed by atoms with Gasteiger partial charge in [-0.25, -0.2) is 4.98 Å². The normalized spacial score (nSPS) is 10.7. The van der Waals surface area contributed by atoms with Crippen LogP contribution in [-0.4, -0.2) is 21.0 Å². The molecule has 152 valence electrons. The lowest BCUT2D eigenvalue weighted by atomic mass is 10.2. The highest BCUT2D eigenvalue weighted by molar-refractivity contribution is 9.10. The van der Waals surface area contributed by atoms with Crippen molar-refractivity contribution in [1.29, 1.82) is 0 Å². The monoisotopic (exact) mass is 471 g/mol. The smallest absolute Gasteiger partial charge is 0.313 e. The summed E-state index contributed by atoms with van der Waals surface area (Å²) in [6, 6.07) is 14.2. The number of non-ortho nitro benzene ring substituents is 1. The molecular formula is C19H14BrN5O5. The Labute approximate surface area is 178 Å². The van der Waals surface area contributed by atoms with E-state index in [0.29, 0.717) is 10.2 Å². The van der Waals surface area contributed by atoms with Gasteiger partial charge in [0.15, 0.2) is 0 Å². The molecule has 3 rings (SSSR count). The molecule has 2 aromatic carbocycles. The molecule has 3 aromatic rings. The SMILES string of the molecule is O=[N+]([O-])c1ccc(COc2ccc(/C=N\Nc3ncccc3[N+](=O)[O-])cc2Br)cc1. The van der Waals surface area contributed by atoms with Crippen molar-refractivity contribution >= 4 is 39.3 Å². The summed E-state index contributed by atoms with van der Waals surface area (Å²) in [5, 5.41) is 25.6. The van der Waals surface area contributed by atoms with Crippen LogP contribution in [0.25, 0.3) is 0 Å². The number of aromatic nitrogens is 1. The van der Waals surface area contributed by atoms with Gasteiger partial charge in [-0.1, -0.05) is 0 Å². The predicted molar refractivity (Wildman–Crippen MR) is 114 cm³/mol. The zero-order chi connectivity index (χ0) is 21.5. The van der Waals surface area contributed by atoms with Crippen molar-refractivity contribution in [3.8, 4) is 5.75 Å². The fourth-order valence-electron chi connectivity index (χ4n) is 2.39. The molecule has 0 amide bonds. The Morgan fingerprint density at radius 1 is 1.10 bits per heavy atom. The molecule has 0 aliphatic heterocycles. The third-order valence-electron chi connectivity index (χ3n) is 3.86. The third-order valence-corrected chi connectivity index (χ3v) is 4.48. The van der Waals surface area contributed by atoms with Crippen LogP contribution in [0.4, 0.5) is 17.2 Å². The largest absolute Gasteiger partial charge is 0.488 e. The lowest BCUT2D eigenvalue weighted by Crippen LogP contribution is -1.99. The number of pyridine rings is 1. The Hall–Kier alpha value is -3.86. The highest BCUT2D eigenvalue weighted by Gasteiger charge is 2.13. The first-order valence-corrected chi connectivity index (χ1v) is 9.27. The van der Waals surface area contributed by atoms with Gasteiger partial charge < -0.3 is 4.74 Å². The molecule has 1 aromatic heterocycles. The third kappa shape index (κ3) is 5.35. The van der Waals surface area contributed by atoms with Gasteiger partial charge in [-0.15, -0.1) is 0 Å². The van der Waals surface area contributed by atoms with E-state index in [0.717, 1.165) is 11.1 Å². The maximum Gasteiger partial charge on any atom is 0.313 e. The van der Waals surface area contributed by atoms with E-state index in [2.05, 4.69) is 31.4 Å². The van der Waals surface area contributed by atoms with Crippen LogP contribution in [0.15, 0.2) is 70.4 Å². The van der Waals surface area contributed by atoms with E-state index in [-0.39, 0.29) is 23.8 Å². The predicted octanol–water partition coefficient (Wildman–Crippen LogP) is 4.69. The fraction of sp³-hybridized carbons (Fsp3) is 0.0526. The van der Waals surface area contributed by atoms with Gasteiger partial charge in [-0.05, 0) is 63.5 Å². The molecular weight excluding hydrogens is 458 g/mol. The molecule has 0 radical (unpaired) electrons. The van der Waals surface area contributed by atoms with Crippen LogP contribution in [-0.2, 0) is 6.61 Å². The lowest BCUT2D eigenvalue weighted by Gasteiger charge is -2.09. The number of nitrogens with zero attached hydrogens (tertiary/aromatic N) is 4. The summed E-state index contributed by atoms with van der Waals surface area (Å²) >= 11 is 3.42. The average Bonchev–Trinajstić information content (AvgIpc) is 2.73. The Morgan fingerprint density at radius 3 is 2.53 bits per heavy atom. The summed E-state index contributed by atoms with van der Waals surface area (Å²) in [5.74, 6) is 0.625. The summed E-state index contributed by atoms with van der Waals surface area (Å²) in [6.45, 7) is 0.245. The quantitative estimate of drug-likeness (QED) is 0.286. The van der Waals surface area contributed by atoms with Crippen molar-refractivity contribution in [2.24, 2.45) is 5.10 Å². The molecule has 0 aliphatic carbocycles. The molecule has 1 N–H and O–H groups in total. The second-order valence-corrected chi connectivity index (χ2v) is 6.75. The molecule has 0 saturated carbocycles. The van der Waals surface area contributed by atoms with E-state index in [1.807, 2.05) is 0 Å². The van der Waals surface area contributed by atoms with Gasteiger partial charge in [0.1, 0.15) is 12.4 Å². The Kier molecular flexibility index (Phi) is 6.65. The molecule has 0 unspecified atom stereocenters. The minimum atomic E-state index is -0.543. The van der Waals surface area contributed by atoms with Crippen LogP contribution in [0, 0.1) is 20.2 Å². The minimum Gasteiger partial charge on any atom is -0.488 e. The molecule has 1 heterocycles. The van der Waals surface area contributed by atoms with Gasteiger partial charge in [-0.2, -0.15) is 5.10 Å². The number of anilines is 1. The highest BCUT2D eigenvalue weighted by atomic mass is 79.9. The summed E-state index contributed by atoms with van der Waals surface area (Å²) in [6.07, 6.45) is 2.92. The van der Waals surface area contributed by atoms with E-state index in [9.17, 15) is 20.2 Å². The maximum absolute atomic E-state index is 11.0. The van der Waals surface area contributed by atoms with Crippen molar-refractivity contribution in [2.75, 3.05) is 5.43 Å². The highest BCUT2D eigenvalue weighted by Crippen LogP contribution is 2.27. The van der Waals surface area contributed by atoms with E-state index in [4.69, 9.17) is 4.74 Å². The number of nitro groups is 2. The van der Waals surface area contributed by atoms with Gasteiger partial charge in [-0.3, -0.25) is 25.7 Å². The zero-order valence-corrected chi connectivity index (χ0v) is 16.9. The van der Waals surface area contributed by atoms with E-state index in [1.54, 1.807) is 30.3 Å². The van der Waals surface area contributed by atoms with Crippen LogP contribution < -0.4 is 10.2 Å². The second kappa shape index (κ2) is 9.56. The van der Waals surface area contributed by atoms with Crippen LogP contribution in [0.5, 0.6) is 5.75 Å². The van der Waals surface area contributed by atoms with Gasteiger partial charge in [0.25, 0.3) is 5.69 Å². The molecule has 10 nitrogen and oxygen atoms in total. The molecule has 0 saturated heterocycles. The van der Waals surface area contributed by atoms with Crippen molar-refractivity contribution < 1.29 is 14.6 Å². The first kappa shape index (κ1) is 20.9. The number of hydrogen-bond acceptors (Lipinski definition) is 8. The molecule has 11 heteroatoms. The van der Waals surface area contributed by atoms with Crippen LogP contribution >= 0.6 is 15.9 Å². The number of ether oxygens (including phenoxy) is 1. The van der Waals surface area contributed by atoms with Crippen molar-refractivity contribution in [3.63, 3.8) is 0 Å².